The topological polar surface area (TPSA) is 60.0 Å². The maximum absolute atomic E-state index is 9.41. The van der Waals surface area contributed by atoms with Crippen LogP contribution >= 0.6 is 0 Å². The minimum Gasteiger partial charge on any atom is -0.461 e. The van der Waals surface area contributed by atoms with Gasteiger partial charge in [0.05, 0.1) is 0 Å². The average Bonchev–Trinajstić information content (AvgIpc) is 2.76. The maximum Gasteiger partial charge on any atom is 0.137 e. The molecule has 0 saturated carbocycles. The van der Waals surface area contributed by atoms with Gasteiger partial charge in [-0.15, -0.1) is 0 Å². The third-order valence-electron chi connectivity index (χ3n) is 7.42. The maximum atomic E-state index is 9.41. The largest absolute Gasteiger partial charge is 0.461 e. The molecule has 0 amide bonds. The smallest absolute Gasteiger partial charge is 0.137 e. The van der Waals surface area contributed by atoms with Gasteiger partial charge in [0.2, 0.25) is 0 Å². The van der Waals surface area contributed by atoms with E-state index in [1.54, 1.807) is 6.08 Å². The van der Waals surface area contributed by atoms with Gasteiger partial charge < -0.3 is 9.64 Å². The van der Waals surface area contributed by atoms with Crippen LogP contribution in [-0.2, 0) is 15.6 Å². The molecule has 0 spiro atoms. The van der Waals surface area contributed by atoms with Crippen molar-refractivity contribution in [1.29, 1.82) is 10.5 Å². The van der Waals surface area contributed by atoms with Crippen LogP contribution in [0.1, 0.15) is 78.0 Å². The third kappa shape index (κ3) is 4.30. The highest BCUT2D eigenvalue weighted by Crippen LogP contribution is 2.49. The molecule has 0 fully saturated rings. The van der Waals surface area contributed by atoms with Gasteiger partial charge in [0.25, 0.3) is 0 Å². The quantitative estimate of drug-likeness (QED) is 0.450. The Morgan fingerprint density at radius 3 is 2.00 bits per heavy atom. The molecule has 3 aliphatic heterocycles. The number of anilines is 1. The van der Waals surface area contributed by atoms with Gasteiger partial charge in [-0.05, 0) is 70.7 Å². The summed E-state index contributed by atoms with van der Waals surface area (Å²) >= 11 is 0. The first-order valence-corrected chi connectivity index (χ1v) is 12.1. The SMILES string of the molecule is CC(C)(C)C1=CC(=C(C#N)C#N)C=C(/C=C\c2cc3c4c(c2)C(C)(C)CCN4CCC3(C)C)O1. The van der Waals surface area contributed by atoms with E-state index in [-0.39, 0.29) is 21.8 Å². The summed E-state index contributed by atoms with van der Waals surface area (Å²) in [4.78, 5) is 2.57. The van der Waals surface area contributed by atoms with Gasteiger partial charge in [-0.2, -0.15) is 10.5 Å². The Hall–Kier alpha value is -3.24. The number of benzene rings is 1. The molecule has 1 aromatic rings. The Morgan fingerprint density at radius 2 is 1.50 bits per heavy atom. The second kappa shape index (κ2) is 8.21. The fraction of sp³-hybridized carbons (Fsp3) is 0.467. The monoisotopic (exact) mass is 453 g/mol. The van der Waals surface area contributed by atoms with Crippen LogP contribution in [0.15, 0.2) is 53.0 Å². The van der Waals surface area contributed by atoms with Crippen molar-refractivity contribution < 1.29 is 4.74 Å². The molecule has 3 aliphatic rings. The minimum atomic E-state index is -0.248. The van der Waals surface area contributed by atoms with Gasteiger partial charge in [-0.25, -0.2) is 0 Å². The summed E-state index contributed by atoms with van der Waals surface area (Å²) in [6.07, 6.45) is 9.96. The average molecular weight is 454 g/mol. The highest BCUT2D eigenvalue weighted by atomic mass is 16.5. The lowest BCUT2D eigenvalue weighted by atomic mass is 9.69. The first-order chi connectivity index (χ1) is 15.9. The zero-order chi connectivity index (χ0) is 24.9. The van der Waals surface area contributed by atoms with Crippen molar-refractivity contribution in [3.05, 3.63) is 69.7 Å². The normalized spacial score (nSPS) is 20.5. The van der Waals surface area contributed by atoms with Crippen LogP contribution in [0.2, 0.25) is 0 Å². The number of ether oxygens (including phenoxy) is 1. The molecule has 0 N–H and O–H groups in total. The summed E-state index contributed by atoms with van der Waals surface area (Å²) in [6, 6.07) is 8.69. The molecule has 0 saturated heterocycles. The Balaban J connectivity index is 1.79. The molecule has 0 aromatic heterocycles. The van der Waals surface area contributed by atoms with Crippen molar-refractivity contribution in [2.24, 2.45) is 5.41 Å². The van der Waals surface area contributed by atoms with Crippen LogP contribution in [-0.4, -0.2) is 13.1 Å². The second-order valence-corrected chi connectivity index (χ2v) is 12.0. The van der Waals surface area contributed by atoms with Gasteiger partial charge in [0.1, 0.15) is 29.2 Å². The van der Waals surface area contributed by atoms with Gasteiger partial charge in [-0.3, -0.25) is 0 Å². The lowest BCUT2D eigenvalue weighted by Crippen LogP contribution is -2.44. The van der Waals surface area contributed by atoms with Crippen molar-refractivity contribution in [2.45, 2.75) is 72.1 Å². The zero-order valence-electron chi connectivity index (χ0n) is 21.5. The van der Waals surface area contributed by atoms with Crippen molar-refractivity contribution in [2.75, 3.05) is 18.0 Å². The van der Waals surface area contributed by atoms with Gasteiger partial charge in [0.15, 0.2) is 0 Å². The van der Waals surface area contributed by atoms with Gasteiger partial charge in [-0.1, -0.05) is 54.5 Å². The molecule has 4 rings (SSSR count). The Morgan fingerprint density at radius 1 is 0.941 bits per heavy atom. The Labute approximate surface area is 204 Å². The molecule has 0 unspecified atom stereocenters. The van der Waals surface area contributed by atoms with Crippen LogP contribution in [0.5, 0.6) is 0 Å². The molecule has 0 radical (unpaired) electrons. The van der Waals surface area contributed by atoms with Crippen LogP contribution < -0.4 is 4.90 Å². The molecule has 34 heavy (non-hydrogen) atoms. The number of nitrogens with zero attached hydrogens (tertiary/aromatic N) is 3. The number of hydrogen-bond acceptors (Lipinski definition) is 4. The van der Waals surface area contributed by atoms with E-state index in [2.05, 4.69) is 71.6 Å². The lowest BCUT2D eigenvalue weighted by Gasteiger charge is -2.48. The van der Waals surface area contributed by atoms with E-state index in [0.717, 1.165) is 37.3 Å². The number of hydrogen-bond donors (Lipinski definition) is 0. The van der Waals surface area contributed by atoms with Crippen LogP contribution in [0, 0.1) is 28.1 Å². The van der Waals surface area contributed by atoms with E-state index in [0.29, 0.717) is 11.3 Å². The van der Waals surface area contributed by atoms with E-state index in [4.69, 9.17) is 4.74 Å². The molecule has 0 bridgehead atoms. The predicted molar refractivity (Wildman–Crippen MR) is 138 cm³/mol. The summed E-state index contributed by atoms with van der Waals surface area (Å²) in [7, 11) is 0. The number of rotatable bonds is 2. The summed E-state index contributed by atoms with van der Waals surface area (Å²) in [5.74, 6) is 1.38. The molecule has 0 atom stereocenters. The number of nitriles is 2. The van der Waals surface area contributed by atoms with E-state index in [1.807, 2.05) is 24.3 Å². The highest BCUT2D eigenvalue weighted by Gasteiger charge is 2.39. The summed E-state index contributed by atoms with van der Waals surface area (Å²) in [5.41, 5.74) is 6.15. The first-order valence-electron chi connectivity index (χ1n) is 12.1. The fourth-order valence-electron chi connectivity index (χ4n) is 5.01. The fourth-order valence-corrected chi connectivity index (χ4v) is 5.01. The predicted octanol–water partition coefficient (Wildman–Crippen LogP) is 7.06. The van der Waals surface area contributed by atoms with Crippen LogP contribution in [0.25, 0.3) is 6.08 Å². The second-order valence-electron chi connectivity index (χ2n) is 12.0. The molecule has 4 nitrogen and oxygen atoms in total. The van der Waals surface area contributed by atoms with E-state index in [1.165, 1.54) is 16.8 Å². The van der Waals surface area contributed by atoms with Crippen LogP contribution in [0.4, 0.5) is 5.69 Å². The minimum absolute atomic E-state index is 0.0951. The van der Waals surface area contributed by atoms with E-state index in [9.17, 15) is 10.5 Å². The lowest BCUT2D eigenvalue weighted by molar-refractivity contribution is 0.223. The van der Waals surface area contributed by atoms with Gasteiger partial charge >= 0.3 is 0 Å². The molecule has 4 heteroatoms. The van der Waals surface area contributed by atoms with E-state index >= 15 is 0 Å². The third-order valence-corrected chi connectivity index (χ3v) is 7.42. The van der Waals surface area contributed by atoms with Crippen molar-refractivity contribution in [3.8, 4) is 12.1 Å². The highest BCUT2D eigenvalue weighted by molar-refractivity contribution is 5.72. The molecule has 3 heterocycles. The van der Waals surface area contributed by atoms with Crippen LogP contribution in [0.3, 0.4) is 0 Å². The van der Waals surface area contributed by atoms with Crippen molar-refractivity contribution in [1.82, 2.24) is 0 Å². The summed E-state index contributed by atoms with van der Waals surface area (Å²) in [5, 5.41) is 18.8. The first kappa shape index (κ1) is 23.9. The molecule has 0 aliphatic carbocycles. The summed E-state index contributed by atoms with van der Waals surface area (Å²) in [6.45, 7) is 17.8. The van der Waals surface area contributed by atoms with Crippen molar-refractivity contribution >= 4 is 11.8 Å². The molecular formula is C30H35N3O. The van der Waals surface area contributed by atoms with E-state index < -0.39 is 0 Å². The zero-order valence-corrected chi connectivity index (χ0v) is 21.5. The van der Waals surface area contributed by atoms with Gasteiger partial charge in [0, 0.05) is 29.8 Å². The molecular weight excluding hydrogens is 418 g/mol. The molecule has 176 valence electrons. The Kier molecular flexibility index (Phi) is 5.77. The standard InChI is InChI=1S/C30H35N3O/c1-28(2,3)26-17-21(22(18-31)19-32)16-23(34-26)9-8-20-14-24-27-25(15-20)30(6,7)11-13-33(27)12-10-29(24,4)5/h8-9,14-17H,10-13H2,1-7H3/b9-8-. The van der Waals surface area contributed by atoms with Crippen molar-refractivity contribution in [3.63, 3.8) is 0 Å². The molecule has 1 aromatic carbocycles. The number of allylic oxidation sites excluding steroid dienone is 6. The summed E-state index contributed by atoms with van der Waals surface area (Å²) < 4.78 is 6.20. The Bertz CT molecular complexity index is 1180.